The molecule has 0 bridgehead atoms. The third-order valence-corrected chi connectivity index (χ3v) is 15.6. The van der Waals surface area contributed by atoms with Crippen LogP contribution in [0.3, 0.4) is 0 Å². The van der Waals surface area contributed by atoms with Crippen LogP contribution in [0, 0.1) is 0 Å². The number of rotatable bonds is 14. The van der Waals surface area contributed by atoms with E-state index in [0.29, 0.717) is 11.4 Å². The summed E-state index contributed by atoms with van der Waals surface area (Å²) in [6.07, 6.45) is 4.41. The number of hydrazine groups is 4. The molecular weight excluding hydrogens is 1070 g/mol. The highest BCUT2D eigenvalue weighted by atomic mass is 32.2. The summed E-state index contributed by atoms with van der Waals surface area (Å²) in [5, 5.41) is 10.2. The van der Waals surface area contributed by atoms with Crippen molar-refractivity contribution in [3.8, 4) is 0 Å². The number of fused-ring (bicyclic) bond motifs is 2. The van der Waals surface area contributed by atoms with Gasteiger partial charge in [-0.15, -0.1) is 0 Å². The molecule has 0 saturated heterocycles. The van der Waals surface area contributed by atoms with Crippen molar-refractivity contribution in [3.63, 3.8) is 0 Å². The fourth-order valence-electron chi connectivity index (χ4n) is 6.96. The summed E-state index contributed by atoms with van der Waals surface area (Å²) in [5.74, 6) is 0. The smallest absolute Gasteiger partial charge is 0.282 e. The van der Waals surface area contributed by atoms with Crippen molar-refractivity contribution in [1.29, 1.82) is 0 Å². The van der Waals surface area contributed by atoms with Crippen molar-refractivity contribution >= 4 is 131 Å². The van der Waals surface area contributed by atoms with Crippen LogP contribution in [-0.2, 0) is 60.7 Å². The summed E-state index contributed by atoms with van der Waals surface area (Å²) >= 11 is 0. The maximum atomic E-state index is 12.5. The molecule has 0 unspecified atom stereocenters. The Balaban J connectivity index is 1.02. The number of benzene rings is 6. The predicted octanol–water partition coefficient (Wildman–Crippen LogP) is 6.27. The van der Waals surface area contributed by atoms with E-state index in [1.165, 1.54) is 58.8 Å². The largest absolute Gasteiger partial charge is 0.295 e. The van der Waals surface area contributed by atoms with Crippen LogP contribution in [0.2, 0.25) is 0 Å². The summed E-state index contributed by atoms with van der Waals surface area (Å²) in [4.78, 5) is -3.70. The molecule has 6 aromatic carbocycles. The molecule has 2 aliphatic rings. The van der Waals surface area contributed by atoms with Crippen LogP contribution in [0.5, 0.6) is 0 Å². The molecule has 0 spiro atoms. The van der Waals surface area contributed by atoms with Gasteiger partial charge in [-0.25, -0.2) is 0 Å². The monoisotopic (exact) mass is 1100 g/mol. The fraction of sp³-hybridized carbons (Fsp3) is 0. The van der Waals surface area contributed by atoms with E-state index >= 15 is 0 Å². The maximum absolute atomic E-state index is 12.5. The number of nitrogens with zero attached hydrogens (tertiary/aromatic N) is 4. The Morgan fingerprint density at radius 3 is 0.931 bits per heavy atom. The minimum Gasteiger partial charge on any atom is -0.282 e. The van der Waals surface area contributed by atoms with Crippen molar-refractivity contribution in [2.75, 3.05) is 31.9 Å². The molecule has 0 amide bonds. The number of hydrogen-bond donors (Lipinski definition) is 10. The van der Waals surface area contributed by atoms with Gasteiger partial charge in [0.1, 0.15) is 19.6 Å². The highest BCUT2D eigenvalue weighted by Gasteiger charge is 2.26. The molecule has 0 fully saturated rings. The van der Waals surface area contributed by atoms with Crippen LogP contribution >= 0.6 is 0 Å². The van der Waals surface area contributed by atoms with Crippen molar-refractivity contribution in [1.82, 2.24) is 0 Å². The van der Waals surface area contributed by atoms with Gasteiger partial charge in [-0.1, -0.05) is 48.6 Å². The lowest BCUT2D eigenvalue weighted by Gasteiger charge is -2.20. The van der Waals surface area contributed by atoms with Gasteiger partial charge in [0, 0.05) is 0 Å². The lowest BCUT2D eigenvalue weighted by molar-refractivity contribution is 0.480. The molecule has 0 aromatic heterocycles. The van der Waals surface area contributed by atoms with E-state index in [1.807, 2.05) is 0 Å². The van der Waals surface area contributed by atoms with Gasteiger partial charge < -0.3 is 0 Å². The minimum atomic E-state index is -5.04. The van der Waals surface area contributed by atoms with E-state index < -0.39 is 90.1 Å². The van der Waals surface area contributed by atoms with Crippen molar-refractivity contribution in [2.45, 2.75) is 29.4 Å². The van der Waals surface area contributed by atoms with Crippen LogP contribution < -0.4 is 31.9 Å². The van der Waals surface area contributed by atoms with Gasteiger partial charge in [0.25, 0.3) is 60.7 Å². The Kier molecular flexibility index (Phi) is 13.0. The van der Waals surface area contributed by atoms with Gasteiger partial charge in [-0.2, -0.15) is 71.0 Å². The molecule has 26 nitrogen and oxygen atoms in total. The first-order chi connectivity index (χ1) is 33.4. The Bertz CT molecular complexity index is 3820. The quantitative estimate of drug-likeness (QED) is 0.0326. The second-order valence-corrected chi connectivity index (χ2v) is 23.5. The number of anilines is 6. The summed E-state index contributed by atoms with van der Waals surface area (Å²) < 4.78 is 206. The molecule has 2 heterocycles. The summed E-state index contributed by atoms with van der Waals surface area (Å²) in [6, 6.07) is 20.8. The van der Waals surface area contributed by atoms with Crippen LogP contribution in [0.25, 0.3) is 24.3 Å². The lowest BCUT2D eigenvalue weighted by atomic mass is 10.1. The summed E-state index contributed by atoms with van der Waals surface area (Å²) in [5.41, 5.74) is 11.2. The van der Waals surface area contributed by atoms with Crippen molar-refractivity contribution in [2.24, 2.45) is 10.2 Å². The third-order valence-electron chi connectivity index (χ3n) is 10.3. The van der Waals surface area contributed by atoms with E-state index in [1.54, 1.807) is 0 Å². The van der Waals surface area contributed by atoms with Gasteiger partial charge >= 0.3 is 0 Å². The number of azo groups is 1. The summed E-state index contributed by atoms with van der Waals surface area (Å²) in [6.45, 7) is 0. The molecule has 0 saturated carbocycles. The summed E-state index contributed by atoms with van der Waals surface area (Å²) in [7, 11) is -29.1. The first-order valence-electron chi connectivity index (χ1n) is 19.6. The first kappa shape index (κ1) is 51.0. The van der Waals surface area contributed by atoms with E-state index in [2.05, 4.69) is 31.9 Å². The second-order valence-electron chi connectivity index (χ2n) is 15.1. The molecule has 8 rings (SSSR count). The molecule has 0 atom stereocenters. The molecular formula is C40H32N8O18S6. The Morgan fingerprint density at radius 2 is 0.625 bits per heavy atom. The molecule has 0 aliphatic carbocycles. The van der Waals surface area contributed by atoms with Crippen LogP contribution in [0.1, 0.15) is 22.3 Å². The number of nitrogens with one attached hydrogen (secondary N) is 4. The maximum Gasteiger partial charge on any atom is 0.295 e. The van der Waals surface area contributed by atoms with Gasteiger partial charge in [-0.3, -0.25) is 49.0 Å². The Hall–Kier alpha value is -7.34. The van der Waals surface area contributed by atoms with E-state index in [4.69, 9.17) is 0 Å². The molecule has 6 aromatic rings. The molecule has 0 radical (unpaired) electrons. The SMILES string of the molecule is O=S(=O)(O)c1ccc2c(c1)NN(c1ccc(C=Cc3ccc(N=Nc4ccc(C=Cc5ccc(N6Nc7ccc(S(=O)(=O)O)cc7N6)cc5S(=O)(=O)O)c(S(=O)(=O)O)c4)cc3S(=O)(=O)O)c(S(=O)(=O)O)c1)N2. The molecule has 10 N–H and O–H groups in total. The van der Waals surface area contributed by atoms with Crippen LogP contribution in [-0.4, -0.2) is 77.8 Å². The average Bonchev–Trinajstić information content (AvgIpc) is 3.92. The normalized spacial score (nSPS) is 14.3. The highest BCUT2D eigenvalue weighted by Crippen LogP contribution is 2.37. The zero-order chi connectivity index (χ0) is 52.3. The van der Waals surface area contributed by atoms with Crippen molar-refractivity contribution < 1.29 is 77.8 Å². The van der Waals surface area contributed by atoms with E-state index in [-0.39, 0.29) is 56.4 Å². The Morgan fingerprint density at radius 1 is 0.333 bits per heavy atom. The lowest BCUT2D eigenvalue weighted by Crippen LogP contribution is -2.29. The van der Waals surface area contributed by atoms with Crippen LogP contribution in [0.4, 0.5) is 45.5 Å². The molecule has 72 heavy (non-hydrogen) atoms. The first-order valence-corrected chi connectivity index (χ1v) is 28.2. The van der Waals surface area contributed by atoms with Crippen molar-refractivity contribution in [3.05, 3.63) is 131 Å². The predicted molar refractivity (Wildman–Crippen MR) is 259 cm³/mol. The molecule has 32 heteroatoms. The number of hydrogen-bond acceptors (Lipinski definition) is 20. The molecule has 2 aliphatic heterocycles. The standard InChI is InChI=1S/C40H32N8O18S6/c49-67(50,51)31-13-15-33-35(21-31)45-47(43-33)29-11-7-25(39(19-29)71(61,62)63)3-1-23-5-9-27(17-37(23)69(55,56)57)41-42-28-10-6-24(38(18-28)70(58,59)60)2-4-26-8-12-30(20-40(26)72(64,65)66)48-44-34-16-14-32(68(52,53)54)22-36(34)46-48/h1-22,43-46H,(H,49,50,51)(H,52,53,54)(H,55,56,57)(H,58,59,60)(H,61,62,63)(H,64,65,66). The van der Waals surface area contributed by atoms with E-state index in [0.717, 1.165) is 85.0 Å². The highest BCUT2D eigenvalue weighted by molar-refractivity contribution is 7.87. The van der Waals surface area contributed by atoms with Gasteiger partial charge in [0.05, 0.1) is 55.3 Å². The zero-order valence-electron chi connectivity index (χ0n) is 35.5. The second kappa shape index (κ2) is 18.4. The minimum absolute atomic E-state index is 0.0798. The van der Waals surface area contributed by atoms with Gasteiger partial charge in [0.15, 0.2) is 0 Å². The zero-order valence-corrected chi connectivity index (χ0v) is 40.4. The van der Waals surface area contributed by atoms with E-state index in [9.17, 15) is 77.8 Å². The van der Waals surface area contributed by atoms with Gasteiger partial charge in [0.2, 0.25) is 0 Å². The van der Waals surface area contributed by atoms with Gasteiger partial charge in [-0.05, 0) is 107 Å². The topological polar surface area (TPSA) is 406 Å². The fourth-order valence-corrected chi connectivity index (χ4v) is 10.8. The average molecular weight is 1110 g/mol. The van der Waals surface area contributed by atoms with Crippen LogP contribution in [0.15, 0.2) is 149 Å². The third kappa shape index (κ3) is 11.2. The molecule has 376 valence electrons. The Labute approximate surface area is 409 Å².